The van der Waals surface area contributed by atoms with Gasteiger partial charge in [-0.2, -0.15) is 0 Å². The van der Waals surface area contributed by atoms with E-state index in [1.165, 1.54) is 12.8 Å². The summed E-state index contributed by atoms with van der Waals surface area (Å²) < 4.78 is 11.3. The largest absolute Gasteiger partial charge is 0.490 e. The molecule has 1 N–H and O–H groups in total. The lowest BCUT2D eigenvalue weighted by Gasteiger charge is -2.14. The summed E-state index contributed by atoms with van der Waals surface area (Å²) in [7, 11) is 0. The number of fused-ring (bicyclic) bond motifs is 1. The number of ether oxygens (including phenoxy) is 2. The van der Waals surface area contributed by atoms with E-state index in [1.54, 1.807) is 0 Å². The molecule has 0 spiro atoms. The third-order valence-corrected chi connectivity index (χ3v) is 3.18. The van der Waals surface area contributed by atoms with E-state index < -0.39 is 0 Å². The Balaban J connectivity index is 1.95. The fraction of sp³-hybridized carbons (Fsp3) is 0.600. The minimum absolute atomic E-state index is 0.700. The van der Waals surface area contributed by atoms with Gasteiger partial charge < -0.3 is 14.8 Å². The van der Waals surface area contributed by atoms with Crippen LogP contribution in [0.5, 0.6) is 11.5 Å². The Labute approximate surface area is 109 Å². The molecule has 1 unspecified atom stereocenters. The van der Waals surface area contributed by atoms with Gasteiger partial charge in [0.15, 0.2) is 11.5 Å². The summed E-state index contributed by atoms with van der Waals surface area (Å²) in [5, 5.41) is 3.46. The molecule has 0 aliphatic carbocycles. The summed E-state index contributed by atoms with van der Waals surface area (Å²) >= 11 is 0. The van der Waals surface area contributed by atoms with Crippen molar-refractivity contribution in [2.75, 3.05) is 25.1 Å². The fourth-order valence-electron chi connectivity index (χ4n) is 2.16. The van der Waals surface area contributed by atoms with Gasteiger partial charge in [0.05, 0.1) is 13.2 Å². The average molecular weight is 249 g/mol. The van der Waals surface area contributed by atoms with E-state index in [9.17, 15) is 0 Å². The van der Waals surface area contributed by atoms with Gasteiger partial charge in [-0.15, -0.1) is 0 Å². The molecule has 0 radical (unpaired) electrons. The summed E-state index contributed by atoms with van der Waals surface area (Å²) in [4.78, 5) is 0. The Hall–Kier alpha value is -1.38. The van der Waals surface area contributed by atoms with Crippen molar-refractivity contribution in [1.29, 1.82) is 0 Å². The minimum Gasteiger partial charge on any atom is -0.490 e. The highest BCUT2D eigenvalue weighted by Gasteiger charge is 2.10. The second kappa shape index (κ2) is 6.53. The van der Waals surface area contributed by atoms with E-state index in [2.05, 4.69) is 25.2 Å². The molecule has 1 aromatic rings. The standard InChI is InChI=1S/C15H23NO2/c1-3-5-12(2)11-16-13-6-7-14-15(10-13)18-9-4-8-17-14/h6-7,10,12,16H,3-5,8-9,11H2,1-2H3. The highest BCUT2D eigenvalue weighted by atomic mass is 16.5. The fourth-order valence-corrected chi connectivity index (χ4v) is 2.16. The lowest BCUT2D eigenvalue weighted by atomic mass is 10.1. The van der Waals surface area contributed by atoms with E-state index in [-0.39, 0.29) is 0 Å². The summed E-state index contributed by atoms with van der Waals surface area (Å²) in [6.07, 6.45) is 3.45. The van der Waals surface area contributed by atoms with Crippen molar-refractivity contribution in [1.82, 2.24) is 0 Å². The van der Waals surface area contributed by atoms with Gasteiger partial charge in [0.1, 0.15) is 0 Å². The predicted octanol–water partition coefficient (Wildman–Crippen LogP) is 3.70. The molecule has 0 amide bonds. The normalized spacial score (nSPS) is 15.9. The minimum atomic E-state index is 0.700. The van der Waals surface area contributed by atoms with Gasteiger partial charge in [-0.05, 0) is 24.5 Å². The van der Waals surface area contributed by atoms with Crippen molar-refractivity contribution in [2.24, 2.45) is 5.92 Å². The second-order valence-electron chi connectivity index (χ2n) is 4.99. The van der Waals surface area contributed by atoms with E-state index in [0.29, 0.717) is 5.92 Å². The Morgan fingerprint density at radius 3 is 2.78 bits per heavy atom. The van der Waals surface area contributed by atoms with E-state index in [0.717, 1.165) is 43.4 Å². The molecule has 0 fully saturated rings. The van der Waals surface area contributed by atoms with Gasteiger partial charge in [0.25, 0.3) is 0 Å². The van der Waals surface area contributed by atoms with Crippen LogP contribution >= 0.6 is 0 Å². The summed E-state index contributed by atoms with van der Waals surface area (Å²) in [6.45, 7) is 6.99. The first-order chi connectivity index (χ1) is 8.79. The first kappa shape index (κ1) is 13.1. The summed E-state index contributed by atoms with van der Waals surface area (Å²) in [5.74, 6) is 2.42. The van der Waals surface area contributed by atoms with Crippen LogP contribution in [0, 0.1) is 5.92 Å². The van der Waals surface area contributed by atoms with Crippen LogP contribution < -0.4 is 14.8 Å². The number of nitrogens with one attached hydrogen (secondary N) is 1. The molecule has 1 aliphatic rings. The molecular weight excluding hydrogens is 226 g/mol. The van der Waals surface area contributed by atoms with Crippen LogP contribution in [0.25, 0.3) is 0 Å². The van der Waals surface area contributed by atoms with Crippen LogP contribution in [-0.4, -0.2) is 19.8 Å². The zero-order chi connectivity index (χ0) is 12.8. The Morgan fingerprint density at radius 2 is 2.00 bits per heavy atom. The third kappa shape index (κ3) is 3.56. The zero-order valence-electron chi connectivity index (χ0n) is 11.4. The molecule has 1 aromatic carbocycles. The lowest BCUT2D eigenvalue weighted by Crippen LogP contribution is -2.11. The third-order valence-electron chi connectivity index (χ3n) is 3.18. The average Bonchev–Trinajstić information content (AvgIpc) is 2.61. The monoisotopic (exact) mass is 249 g/mol. The van der Waals surface area contributed by atoms with Crippen LogP contribution in [-0.2, 0) is 0 Å². The zero-order valence-corrected chi connectivity index (χ0v) is 11.4. The van der Waals surface area contributed by atoms with E-state index in [4.69, 9.17) is 9.47 Å². The van der Waals surface area contributed by atoms with Gasteiger partial charge in [0.2, 0.25) is 0 Å². The van der Waals surface area contributed by atoms with Crippen molar-refractivity contribution in [3.63, 3.8) is 0 Å². The van der Waals surface area contributed by atoms with Crippen molar-refractivity contribution >= 4 is 5.69 Å². The molecule has 100 valence electrons. The molecule has 3 heteroatoms. The Bertz CT molecular complexity index is 379. The van der Waals surface area contributed by atoms with Gasteiger partial charge in [-0.1, -0.05) is 20.3 Å². The van der Waals surface area contributed by atoms with E-state index in [1.807, 2.05) is 12.1 Å². The van der Waals surface area contributed by atoms with Crippen LogP contribution in [0.15, 0.2) is 18.2 Å². The molecule has 0 aromatic heterocycles. The highest BCUT2D eigenvalue weighted by Crippen LogP contribution is 2.32. The Morgan fingerprint density at radius 1 is 1.22 bits per heavy atom. The van der Waals surface area contributed by atoms with Crippen LogP contribution in [0.4, 0.5) is 5.69 Å². The molecule has 1 atom stereocenters. The molecular formula is C15H23NO2. The molecule has 0 saturated heterocycles. The van der Waals surface area contributed by atoms with Crippen molar-refractivity contribution < 1.29 is 9.47 Å². The first-order valence-electron chi connectivity index (χ1n) is 6.93. The van der Waals surface area contributed by atoms with Crippen molar-refractivity contribution in [3.05, 3.63) is 18.2 Å². The van der Waals surface area contributed by atoms with Crippen LogP contribution in [0.1, 0.15) is 33.1 Å². The number of benzene rings is 1. The maximum Gasteiger partial charge on any atom is 0.163 e. The summed E-state index contributed by atoms with van der Waals surface area (Å²) in [5.41, 5.74) is 1.11. The van der Waals surface area contributed by atoms with Gasteiger partial charge in [-0.25, -0.2) is 0 Å². The lowest BCUT2D eigenvalue weighted by molar-refractivity contribution is 0.297. The second-order valence-corrected chi connectivity index (χ2v) is 4.99. The van der Waals surface area contributed by atoms with E-state index >= 15 is 0 Å². The highest BCUT2D eigenvalue weighted by molar-refractivity contribution is 5.55. The molecule has 3 nitrogen and oxygen atoms in total. The van der Waals surface area contributed by atoms with Crippen molar-refractivity contribution in [2.45, 2.75) is 33.1 Å². The van der Waals surface area contributed by atoms with Gasteiger partial charge in [-0.3, -0.25) is 0 Å². The number of rotatable bonds is 5. The Kier molecular flexibility index (Phi) is 4.73. The van der Waals surface area contributed by atoms with Crippen LogP contribution in [0.3, 0.4) is 0 Å². The molecule has 1 heterocycles. The van der Waals surface area contributed by atoms with Crippen LogP contribution in [0.2, 0.25) is 0 Å². The molecule has 0 saturated carbocycles. The van der Waals surface area contributed by atoms with Gasteiger partial charge in [0, 0.05) is 24.7 Å². The summed E-state index contributed by atoms with van der Waals surface area (Å²) in [6, 6.07) is 6.10. The first-order valence-corrected chi connectivity index (χ1v) is 6.93. The van der Waals surface area contributed by atoms with Crippen molar-refractivity contribution in [3.8, 4) is 11.5 Å². The molecule has 18 heavy (non-hydrogen) atoms. The molecule has 1 aliphatic heterocycles. The number of anilines is 1. The quantitative estimate of drug-likeness (QED) is 0.863. The SMILES string of the molecule is CCCC(C)CNc1ccc2c(c1)OCCCO2. The maximum atomic E-state index is 5.68. The smallest absolute Gasteiger partial charge is 0.163 e. The van der Waals surface area contributed by atoms with Gasteiger partial charge >= 0.3 is 0 Å². The topological polar surface area (TPSA) is 30.5 Å². The molecule has 0 bridgehead atoms. The number of hydrogen-bond acceptors (Lipinski definition) is 3. The number of hydrogen-bond donors (Lipinski definition) is 1. The predicted molar refractivity (Wildman–Crippen MR) is 74.6 cm³/mol. The molecule has 2 rings (SSSR count). The maximum absolute atomic E-state index is 5.68.